The molecule has 6 nitrogen and oxygen atoms in total. The van der Waals surface area contributed by atoms with E-state index in [2.05, 4.69) is 11.1 Å². The topological polar surface area (TPSA) is 83.1 Å². The molecule has 1 heterocycles. The van der Waals surface area contributed by atoms with Gasteiger partial charge in [-0.1, -0.05) is 0 Å². The summed E-state index contributed by atoms with van der Waals surface area (Å²) in [5.41, 5.74) is 0.757. The minimum absolute atomic E-state index is 0.0970. The van der Waals surface area contributed by atoms with Gasteiger partial charge in [0.05, 0.1) is 17.7 Å². The first-order chi connectivity index (χ1) is 7.54. The molecule has 84 valence electrons. The Kier molecular flexibility index (Phi) is 3.78. The molecule has 0 radical (unpaired) electrons. The van der Waals surface area contributed by atoms with Gasteiger partial charge >= 0.3 is 5.82 Å². The van der Waals surface area contributed by atoms with Crippen LogP contribution >= 0.6 is 0 Å². The third kappa shape index (κ3) is 2.92. The van der Waals surface area contributed by atoms with Crippen LogP contribution in [-0.4, -0.2) is 23.5 Å². The van der Waals surface area contributed by atoms with Gasteiger partial charge in [0.15, 0.2) is 6.20 Å². The fourth-order valence-electron chi connectivity index (χ4n) is 1.27. The summed E-state index contributed by atoms with van der Waals surface area (Å²) in [5.74, 6) is -0.273. The second kappa shape index (κ2) is 5.07. The van der Waals surface area contributed by atoms with Crippen molar-refractivity contribution in [2.24, 2.45) is 5.92 Å². The van der Waals surface area contributed by atoms with Crippen LogP contribution in [0.2, 0.25) is 0 Å². The van der Waals surface area contributed by atoms with Gasteiger partial charge in [-0.3, -0.25) is 0 Å². The highest BCUT2D eigenvalue weighted by Gasteiger charge is 2.10. The van der Waals surface area contributed by atoms with E-state index in [4.69, 9.17) is 5.26 Å². The molecule has 1 unspecified atom stereocenters. The quantitative estimate of drug-likeness (QED) is 0.568. The zero-order valence-corrected chi connectivity index (χ0v) is 9.12. The first-order valence-electron chi connectivity index (χ1n) is 4.75. The molecule has 0 amide bonds. The highest BCUT2D eigenvalue weighted by molar-refractivity contribution is 5.45. The molecule has 16 heavy (non-hydrogen) atoms. The van der Waals surface area contributed by atoms with Crippen molar-refractivity contribution in [2.45, 2.75) is 6.92 Å². The minimum Gasteiger partial charge on any atom is -0.370 e. The van der Waals surface area contributed by atoms with E-state index < -0.39 is 4.92 Å². The third-order valence-electron chi connectivity index (χ3n) is 2.13. The summed E-state index contributed by atoms with van der Waals surface area (Å²) >= 11 is 0. The number of hydrogen-bond acceptors (Lipinski definition) is 5. The van der Waals surface area contributed by atoms with E-state index in [1.54, 1.807) is 6.07 Å². The molecular weight excluding hydrogens is 208 g/mol. The maximum absolute atomic E-state index is 10.4. The van der Waals surface area contributed by atoms with Crippen molar-refractivity contribution in [1.82, 2.24) is 4.98 Å². The van der Waals surface area contributed by atoms with Crippen LogP contribution in [-0.2, 0) is 0 Å². The van der Waals surface area contributed by atoms with Gasteiger partial charge in [-0.25, -0.2) is 0 Å². The van der Waals surface area contributed by atoms with Gasteiger partial charge in [0.2, 0.25) is 0 Å². The molecule has 0 bridgehead atoms. The normalized spacial score (nSPS) is 11.6. The van der Waals surface area contributed by atoms with Gasteiger partial charge in [-0.05, 0) is 22.9 Å². The summed E-state index contributed by atoms with van der Waals surface area (Å²) in [5, 5.41) is 19.1. The van der Waals surface area contributed by atoms with Crippen molar-refractivity contribution in [3.8, 4) is 6.07 Å². The lowest BCUT2D eigenvalue weighted by molar-refractivity contribution is -0.389. The van der Waals surface area contributed by atoms with Crippen molar-refractivity contribution in [2.75, 3.05) is 18.5 Å². The average Bonchev–Trinajstić information content (AvgIpc) is 2.28. The number of nitriles is 1. The van der Waals surface area contributed by atoms with Gasteiger partial charge in [0.25, 0.3) is 0 Å². The lowest BCUT2D eigenvalue weighted by atomic mass is 10.2. The van der Waals surface area contributed by atoms with Crippen LogP contribution < -0.4 is 4.90 Å². The van der Waals surface area contributed by atoms with E-state index in [1.807, 2.05) is 18.9 Å². The monoisotopic (exact) mass is 220 g/mol. The van der Waals surface area contributed by atoms with Crippen LogP contribution in [0.5, 0.6) is 0 Å². The van der Waals surface area contributed by atoms with E-state index in [0.29, 0.717) is 6.54 Å². The smallest absolute Gasteiger partial charge is 0.363 e. The van der Waals surface area contributed by atoms with Crippen LogP contribution in [0.1, 0.15) is 6.92 Å². The van der Waals surface area contributed by atoms with Crippen LogP contribution in [0.15, 0.2) is 18.3 Å². The summed E-state index contributed by atoms with van der Waals surface area (Å²) in [4.78, 5) is 15.4. The summed E-state index contributed by atoms with van der Waals surface area (Å²) in [6, 6.07) is 5.10. The van der Waals surface area contributed by atoms with Crippen LogP contribution in [0.3, 0.4) is 0 Å². The zero-order chi connectivity index (χ0) is 12.1. The number of hydrogen-bond donors (Lipinski definition) is 0. The zero-order valence-electron chi connectivity index (χ0n) is 9.12. The van der Waals surface area contributed by atoms with Gasteiger partial charge in [0.1, 0.15) is 0 Å². The molecule has 0 saturated heterocycles. The molecule has 1 rings (SSSR count). The second-order valence-corrected chi connectivity index (χ2v) is 3.54. The van der Waals surface area contributed by atoms with Crippen molar-refractivity contribution in [3.63, 3.8) is 0 Å². The van der Waals surface area contributed by atoms with Gasteiger partial charge in [0, 0.05) is 19.7 Å². The molecular formula is C10H12N4O2. The summed E-state index contributed by atoms with van der Waals surface area (Å²) in [6.07, 6.45) is 1.43. The molecule has 0 fully saturated rings. The number of aromatic nitrogens is 1. The first kappa shape index (κ1) is 11.9. The lowest BCUT2D eigenvalue weighted by Gasteiger charge is -2.18. The lowest BCUT2D eigenvalue weighted by Crippen LogP contribution is -2.23. The maximum atomic E-state index is 10.4. The minimum atomic E-state index is -0.540. The van der Waals surface area contributed by atoms with Crippen molar-refractivity contribution >= 4 is 11.5 Å². The van der Waals surface area contributed by atoms with Gasteiger partial charge in [-0.15, -0.1) is 0 Å². The predicted octanol–water partition coefficient (Wildman–Crippen LogP) is 1.59. The average molecular weight is 220 g/mol. The largest absolute Gasteiger partial charge is 0.370 e. The summed E-state index contributed by atoms with van der Waals surface area (Å²) in [6.45, 7) is 2.38. The number of nitrogens with zero attached hydrogens (tertiary/aromatic N) is 4. The summed E-state index contributed by atoms with van der Waals surface area (Å²) < 4.78 is 0. The molecule has 1 aromatic heterocycles. The number of rotatable bonds is 4. The Morgan fingerprint density at radius 2 is 2.38 bits per heavy atom. The molecule has 0 aromatic carbocycles. The molecule has 0 N–H and O–H groups in total. The Bertz CT molecular complexity index is 410. The van der Waals surface area contributed by atoms with E-state index in [0.717, 1.165) is 5.69 Å². The molecule has 0 saturated carbocycles. The van der Waals surface area contributed by atoms with E-state index in [1.165, 1.54) is 12.3 Å². The Labute approximate surface area is 93.3 Å². The van der Waals surface area contributed by atoms with Crippen LogP contribution in [0, 0.1) is 27.4 Å². The molecule has 0 aliphatic rings. The van der Waals surface area contributed by atoms with E-state index >= 15 is 0 Å². The Hall–Kier alpha value is -2.16. The van der Waals surface area contributed by atoms with Crippen LogP contribution in [0.4, 0.5) is 11.5 Å². The number of anilines is 1. The van der Waals surface area contributed by atoms with Gasteiger partial charge in [-0.2, -0.15) is 5.26 Å². The molecule has 6 heteroatoms. The van der Waals surface area contributed by atoms with E-state index in [9.17, 15) is 10.1 Å². The van der Waals surface area contributed by atoms with Crippen molar-refractivity contribution < 1.29 is 4.92 Å². The fourth-order valence-corrected chi connectivity index (χ4v) is 1.27. The standard InChI is InChI=1S/C10H12N4O2/c1-8(5-11)7-13(2)9-3-4-10(12-6-9)14(15)16/h3-4,6,8H,7H2,1-2H3. The predicted molar refractivity (Wildman–Crippen MR) is 58.9 cm³/mol. The SMILES string of the molecule is CC(C#N)CN(C)c1ccc([N+](=O)[O-])nc1. The van der Waals surface area contributed by atoms with Crippen molar-refractivity contribution in [1.29, 1.82) is 5.26 Å². The first-order valence-corrected chi connectivity index (χ1v) is 4.75. The molecule has 0 aliphatic heterocycles. The van der Waals surface area contributed by atoms with Gasteiger partial charge < -0.3 is 15.0 Å². The summed E-state index contributed by atoms with van der Waals surface area (Å²) in [7, 11) is 1.82. The maximum Gasteiger partial charge on any atom is 0.363 e. The third-order valence-corrected chi connectivity index (χ3v) is 2.13. The number of nitro groups is 1. The molecule has 0 spiro atoms. The highest BCUT2D eigenvalue weighted by atomic mass is 16.6. The highest BCUT2D eigenvalue weighted by Crippen LogP contribution is 2.15. The second-order valence-electron chi connectivity index (χ2n) is 3.54. The Balaban J connectivity index is 2.74. The molecule has 0 aliphatic carbocycles. The van der Waals surface area contributed by atoms with E-state index in [-0.39, 0.29) is 11.7 Å². The Morgan fingerprint density at radius 3 is 2.81 bits per heavy atom. The molecule has 1 atom stereocenters. The number of pyridine rings is 1. The van der Waals surface area contributed by atoms with Crippen molar-refractivity contribution in [3.05, 3.63) is 28.4 Å². The fraction of sp³-hybridized carbons (Fsp3) is 0.400. The Morgan fingerprint density at radius 1 is 1.69 bits per heavy atom. The molecule has 1 aromatic rings. The van der Waals surface area contributed by atoms with Crippen LogP contribution in [0.25, 0.3) is 0 Å².